The Morgan fingerprint density at radius 1 is 1.27 bits per heavy atom. The first kappa shape index (κ1) is 16.6. The molecule has 0 aliphatic carbocycles. The molecule has 0 saturated carbocycles. The van der Waals surface area contributed by atoms with Crippen LogP contribution in [0.15, 0.2) is 24.3 Å². The summed E-state index contributed by atoms with van der Waals surface area (Å²) in [4.78, 5) is 16.1. The van der Waals surface area contributed by atoms with E-state index in [9.17, 15) is 4.79 Å². The van der Waals surface area contributed by atoms with Gasteiger partial charge in [-0.3, -0.25) is 0 Å². The maximum Gasteiger partial charge on any atom is 0.410 e. The van der Waals surface area contributed by atoms with Crippen LogP contribution in [0, 0.1) is 0 Å². The van der Waals surface area contributed by atoms with Gasteiger partial charge >= 0.3 is 6.09 Å². The number of nitrogens with one attached hydrogen (secondary N) is 1. The lowest BCUT2D eigenvalue weighted by Gasteiger charge is -2.35. The molecular formula is C17H27N3O2. The number of ether oxygens (including phenoxy) is 1. The molecule has 2 rings (SSSR count). The van der Waals surface area contributed by atoms with Crippen molar-refractivity contribution in [3.63, 3.8) is 0 Å². The fraction of sp³-hybridized carbons (Fsp3) is 0.588. The van der Waals surface area contributed by atoms with Crippen molar-refractivity contribution in [1.29, 1.82) is 0 Å². The van der Waals surface area contributed by atoms with Crippen LogP contribution in [0.3, 0.4) is 0 Å². The van der Waals surface area contributed by atoms with Crippen molar-refractivity contribution in [2.75, 3.05) is 38.6 Å². The second kappa shape index (κ2) is 6.57. The third-order valence-corrected chi connectivity index (χ3v) is 3.64. The van der Waals surface area contributed by atoms with Crippen LogP contribution in [0.2, 0.25) is 0 Å². The molecule has 1 aromatic rings. The average Bonchev–Trinajstić information content (AvgIpc) is 2.46. The zero-order chi connectivity index (χ0) is 16.3. The number of carbonyl (C=O) groups is 1. The largest absolute Gasteiger partial charge is 0.444 e. The summed E-state index contributed by atoms with van der Waals surface area (Å²) in [6.07, 6.45) is -0.232. The first-order valence-corrected chi connectivity index (χ1v) is 7.75. The number of benzene rings is 1. The second-order valence-electron chi connectivity index (χ2n) is 6.92. The summed E-state index contributed by atoms with van der Waals surface area (Å²) in [7, 11) is 4.05. The fourth-order valence-electron chi connectivity index (χ4n) is 2.47. The van der Waals surface area contributed by atoms with Crippen molar-refractivity contribution in [2.24, 2.45) is 0 Å². The lowest BCUT2D eigenvalue weighted by atomic mass is 10.0. The number of nitrogens with zero attached hydrogens (tertiary/aromatic N) is 2. The Hall–Kier alpha value is -1.75. The Kier molecular flexibility index (Phi) is 4.96. The summed E-state index contributed by atoms with van der Waals surface area (Å²) >= 11 is 0. The quantitative estimate of drug-likeness (QED) is 0.912. The van der Waals surface area contributed by atoms with Crippen molar-refractivity contribution in [3.05, 3.63) is 29.8 Å². The van der Waals surface area contributed by atoms with Crippen molar-refractivity contribution in [3.8, 4) is 0 Å². The van der Waals surface area contributed by atoms with Gasteiger partial charge in [-0.1, -0.05) is 12.1 Å². The number of anilines is 1. The van der Waals surface area contributed by atoms with E-state index in [-0.39, 0.29) is 12.1 Å². The van der Waals surface area contributed by atoms with E-state index in [1.807, 2.05) is 34.9 Å². The van der Waals surface area contributed by atoms with E-state index in [0.717, 1.165) is 6.54 Å². The van der Waals surface area contributed by atoms with Crippen LogP contribution in [0.25, 0.3) is 0 Å². The lowest BCUT2D eigenvalue weighted by molar-refractivity contribution is 0.0195. The van der Waals surface area contributed by atoms with Crippen molar-refractivity contribution in [1.82, 2.24) is 10.2 Å². The van der Waals surface area contributed by atoms with E-state index in [1.54, 1.807) is 4.90 Å². The Bertz CT molecular complexity index is 506. The molecule has 1 aliphatic heterocycles. The molecule has 1 N–H and O–H groups in total. The van der Waals surface area contributed by atoms with Crippen LogP contribution in [0.4, 0.5) is 10.5 Å². The van der Waals surface area contributed by atoms with Crippen LogP contribution < -0.4 is 10.2 Å². The van der Waals surface area contributed by atoms with Gasteiger partial charge in [-0.2, -0.15) is 0 Å². The van der Waals surface area contributed by atoms with Gasteiger partial charge in [-0.25, -0.2) is 4.79 Å². The van der Waals surface area contributed by atoms with Gasteiger partial charge in [0.25, 0.3) is 0 Å². The molecule has 1 aliphatic rings. The van der Waals surface area contributed by atoms with E-state index in [1.165, 1.54) is 11.3 Å². The first-order chi connectivity index (χ1) is 10.3. The Morgan fingerprint density at radius 2 is 1.91 bits per heavy atom. The molecule has 122 valence electrons. The van der Waals surface area contributed by atoms with Gasteiger partial charge in [0.15, 0.2) is 0 Å². The minimum absolute atomic E-state index is 0.150. The molecule has 1 amide bonds. The van der Waals surface area contributed by atoms with Gasteiger partial charge in [0.1, 0.15) is 5.60 Å². The summed E-state index contributed by atoms with van der Waals surface area (Å²) in [5.74, 6) is 0. The molecule has 0 bridgehead atoms. The molecule has 1 unspecified atom stereocenters. The predicted octanol–water partition coefficient (Wildman–Crippen LogP) is 2.63. The highest BCUT2D eigenvalue weighted by atomic mass is 16.6. The number of carbonyl (C=O) groups excluding carboxylic acids is 1. The molecule has 0 radical (unpaired) electrons. The van der Waals surface area contributed by atoms with Gasteiger partial charge in [-0.15, -0.1) is 0 Å². The molecule has 1 heterocycles. The van der Waals surface area contributed by atoms with Crippen LogP contribution in [0.1, 0.15) is 32.4 Å². The molecule has 22 heavy (non-hydrogen) atoms. The topological polar surface area (TPSA) is 44.8 Å². The third-order valence-electron chi connectivity index (χ3n) is 3.64. The third kappa shape index (κ3) is 4.37. The van der Waals surface area contributed by atoms with E-state index < -0.39 is 5.60 Å². The van der Waals surface area contributed by atoms with Crippen LogP contribution in [-0.4, -0.2) is 50.3 Å². The lowest BCUT2D eigenvalue weighted by Crippen LogP contribution is -2.49. The number of amides is 1. The fourth-order valence-corrected chi connectivity index (χ4v) is 2.47. The van der Waals surface area contributed by atoms with Gasteiger partial charge in [0.05, 0.1) is 6.04 Å². The van der Waals surface area contributed by atoms with Gasteiger partial charge in [0, 0.05) is 39.4 Å². The normalized spacial score (nSPS) is 19.0. The van der Waals surface area contributed by atoms with E-state index >= 15 is 0 Å². The van der Waals surface area contributed by atoms with Crippen molar-refractivity contribution >= 4 is 11.8 Å². The maximum absolute atomic E-state index is 12.2. The second-order valence-corrected chi connectivity index (χ2v) is 6.92. The molecule has 1 atom stereocenters. The zero-order valence-electron chi connectivity index (χ0n) is 14.2. The molecule has 1 aromatic carbocycles. The Labute approximate surface area is 133 Å². The number of hydrogen-bond acceptors (Lipinski definition) is 4. The van der Waals surface area contributed by atoms with Crippen molar-refractivity contribution in [2.45, 2.75) is 32.4 Å². The van der Waals surface area contributed by atoms with E-state index in [0.29, 0.717) is 13.1 Å². The summed E-state index contributed by atoms with van der Waals surface area (Å²) in [6, 6.07) is 8.59. The number of rotatable bonds is 2. The number of hydrogen-bond donors (Lipinski definition) is 1. The monoisotopic (exact) mass is 305 g/mol. The molecular weight excluding hydrogens is 278 g/mol. The molecule has 5 nitrogen and oxygen atoms in total. The minimum atomic E-state index is -0.454. The molecule has 0 aromatic heterocycles. The first-order valence-electron chi connectivity index (χ1n) is 7.75. The molecule has 0 spiro atoms. The van der Waals surface area contributed by atoms with Crippen LogP contribution in [-0.2, 0) is 4.74 Å². The smallest absolute Gasteiger partial charge is 0.410 e. The molecule has 1 fully saturated rings. The highest BCUT2D eigenvalue weighted by Crippen LogP contribution is 2.21. The standard InChI is InChI=1S/C17H27N3O2/c1-17(2,3)22-16(21)20-11-10-18-15(12-20)13-6-8-14(9-7-13)19(4)5/h6-9,15,18H,10-12H2,1-5H3. The van der Waals surface area contributed by atoms with E-state index in [4.69, 9.17) is 4.74 Å². The summed E-state index contributed by atoms with van der Waals surface area (Å²) in [5.41, 5.74) is 1.91. The minimum Gasteiger partial charge on any atom is -0.444 e. The van der Waals surface area contributed by atoms with Crippen LogP contribution in [0.5, 0.6) is 0 Å². The predicted molar refractivity (Wildman–Crippen MR) is 89.3 cm³/mol. The SMILES string of the molecule is CN(C)c1ccc(C2CN(C(=O)OC(C)(C)C)CCN2)cc1. The summed E-state index contributed by atoms with van der Waals surface area (Å²) in [5, 5.41) is 3.47. The molecule has 1 saturated heterocycles. The highest BCUT2D eigenvalue weighted by molar-refractivity contribution is 5.68. The van der Waals surface area contributed by atoms with Gasteiger partial charge < -0.3 is 19.9 Å². The van der Waals surface area contributed by atoms with Gasteiger partial charge in [-0.05, 0) is 38.5 Å². The average molecular weight is 305 g/mol. The summed E-state index contributed by atoms with van der Waals surface area (Å²) in [6.45, 7) is 7.77. The number of piperazine rings is 1. The van der Waals surface area contributed by atoms with E-state index in [2.05, 4.69) is 34.5 Å². The summed E-state index contributed by atoms with van der Waals surface area (Å²) < 4.78 is 5.46. The maximum atomic E-state index is 12.2. The Morgan fingerprint density at radius 3 is 2.45 bits per heavy atom. The van der Waals surface area contributed by atoms with Crippen molar-refractivity contribution < 1.29 is 9.53 Å². The van der Waals surface area contributed by atoms with Gasteiger partial charge in [0.2, 0.25) is 0 Å². The molecule has 5 heteroatoms. The Balaban J connectivity index is 2.02. The zero-order valence-corrected chi connectivity index (χ0v) is 14.2. The van der Waals surface area contributed by atoms with Crippen LogP contribution >= 0.6 is 0 Å². The highest BCUT2D eigenvalue weighted by Gasteiger charge is 2.27.